The molecular formula is C24H26N2O3. The molecule has 0 aromatic heterocycles. The van der Waals surface area contributed by atoms with Crippen molar-refractivity contribution in [2.24, 2.45) is 0 Å². The number of para-hydroxylation sites is 4. The number of carbonyl (C=O) groups is 1. The molecule has 0 spiro atoms. The smallest absolute Gasteiger partial charge is 0.243 e. The lowest BCUT2D eigenvalue weighted by atomic mass is 10.1. The van der Waals surface area contributed by atoms with E-state index in [1.165, 1.54) is 5.56 Å². The predicted octanol–water partition coefficient (Wildman–Crippen LogP) is 4.76. The fourth-order valence-electron chi connectivity index (χ4n) is 2.96. The van der Waals surface area contributed by atoms with Crippen LogP contribution in [-0.4, -0.2) is 26.2 Å². The maximum atomic E-state index is 12.3. The monoisotopic (exact) mass is 390 g/mol. The molecule has 0 radical (unpaired) electrons. The van der Waals surface area contributed by atoms with Crippen LogP contribution >= 0.6 is 0 Å². The van der Waals surface area contributed by atoms with Crippen LogP contribution in [0.1, 0.15) is 12.0 Å². The second-order valence-corrected chi connectivity index (χ2v) is 6.54. The third-order valence-electron chi connectivity index (χ3n) is 4.42. The van der Waals surface area contributed by atoms with E-state index in [4.69, 9.17) is 9.47 Å². The highest BCUT2D eigenvalue weighted by atomic mass is 16.5. The van der Waals surface area contributed by atoms with Gasteiger partial charge in [-0.15, -0.1) is 0 Å². The van der Waals surface area contributed by atoms with Gasteiger partial charge >= 0.3 is 0 Å². The van der Waals surface area contributed by atoms with Gasteiger partial charge in [0, 0.05) is 0 Å². The van der Waals surface area contributed by atoms with Gasteiger partial charge < -0.3 is 20.1 Å². The van der Waals surface area contributed by atoms with E-state index in [-0.39, 0.29) is 12.5 Å². The number of hydrogen-bond acceptors (Lipinski definition) is 4. The average Bonchev–Trinajstić information content (AvgIpc) is 2.77. The highest BCUT2D eigenvalue weighted by Crippen LogP contribution is 2.25. The van der Waals surface area contributed by atoms with Crippen molar-refractivity contribution in [2.75, 3.05) is 30.9 Å². The summed E-state index contributed by atoms with van der Waals surface area (Å²) in [7, 11) is 1.58. The van der Waals surface area contributed by atoms with Gasteiger partial charge in [-0.3, -0.25) is 4.79 Å². The molecule has 150 valence electrons. The van der Waals surface area contributed by atoms with Crippen molar-refractivity contribution in [1.29, 1.82) is 0 Å². The molecule has 0 atom stereocenters. The van der Waals surface area contributed by atoms with E-state index >= 15 is 0 Å². The van der Waals surface area contributed by atoms with Crippen LogP contribution in [0.25, 0.3) is 0 Å². The molecule has 5 heteroatoms. The van der Waals surface area contributed by atoms with Gasteiger partial charge in [0.05, 0.1) is 31.6 Å². The van der Waals surface area contributed by atoms with Crippen molar-refractivity contribution in [3.63, 3.8) is 0 Å². The van der Waals surface area contributed by atoms with E-state index in [0.29, 0.717) is 18.0 Å². The maximum Gasteiger partial charge on any atom is 0.243 e. The Bertz CT molecular complexity index is 913. The van der Waals surface area contributed by atoms with Gasteiger partial charge in [0.25, 0.3) is 0 Å². The Labute approximate surface area is 171 Å². The number of carbonyl (C=O) groups excluding carboxylic acids is 1. The Morgan fingerprint density at radius 2 is 1.48 bits per heavy atom. The molecule has 0 aliphatic rings. The molecule has 29 heavy (non-hydrogen) atoms. The zero-order valence-electron chi connectivity index (χ0n) is 16.6. The van der Waals surface area contributed by atoms with Gasteiger partial charge in [-0.25, -0.2) is 0 Å². The fraction of sp³-hybridized carbons (Fsp3) is 0.208. The topological polar surface area (TPSA) is 59.6 Å². The van der Waals surface area contributed by atoms with Crippen LogP contribution in [0.15, 0.2) is 78.9 Å². The summed E-state index contributed by atoms with van der Waals surface area (Å²) in [4.78, 5) is 12.3. The number of amides is 1. The van der Waals surface area contributed by atoms with E-state index in [2.05, 4.69) is 22.8 Å². The Kier molecular flexibility index (Phi) is 7.52. The summed E-state index contributed by atoms with van der Waals surface area (Å²) in [6.07, 6.45) is 1.89. The van der Waals surface area contributed by atoms with Crippen LogP contribution in [0.5, 0.6) is 11.5 Å². The molecule has 2 N–H and O–H groups in total. The minimum atomic E-state index is -0.159. The minimum absolute atomic E-state index is 0.127. The summed E-state index contributed by atoms with van der Waals surface area (Å²) in [5.74, 6) is 1.21. The van der Waals surface area contributed by atoms with Crippen molar-refractivity contribution in [2.45, 2.75) is 12.8 Å². The van der Waals surface area contributed by atoms with Gasteiger partial charge in [0.15, 0.2) is 0 Å². The first kappa shape index (κ1) is 20.3. The largest absolute Gasteiger partial charge is 0.495 e. The molecule has 0 saturated heterocycles. The average molecular weight is 390 g/mol. The molecule has 3 rings (SSSR count). The van der Waals surface area contributed by atoms with Crippen molar-refractivity contribution in [3.05, 3.63) is 84.4 Å². The lowest BCUT2D eigenvalue weighted by Gasteiger charge is -2.14. The molecule has 5 nitrogen and oxygen atoms in total. The third kappa shape index (κ3) is 6.28. The van der Waals surface area contributed by atoms with Gasteiger partial charge in [-0.05, 0) is 42.7 Å². The zero-order valence-corrected chi connectivity index (χ0v) is 16.6. The molecular weight excluding hydrogens is 364 g/mol. The number of anilines is 2. The molecule has 3 aromatic carbocycles. The lowest BCUT2D eigenvalue weighted by Crippen LogP contribution is -2.22. The highest BCUT2D eigenvalue weighted by Gasteiger charge is 2.08. The number of aryl methyl sites for hydroxylation is 1. The van der Waals surface area contributed by atoms with Crippen LogP contribution < -0.4 is 20.1 Å². The maximum absolute atomic E-state index is 12.3. The molecule has 0 fully saturated rings. The normalized spacial score (nSPS) is 10.2. The Hall–Kier alpha value is -3.47. The van der Waals surface area contributed by atoms with Crippen LogP contribution in [0, 0.1) is 0 Å². The first-order chi connectivity index (χ1) is 14.3. The summed E-state index contributed by atoms with van der Waals surface area (Å²) in [6, 6.07) is 25.3. The first-order valence-electron chi connectivity index (χ1n) is 9.69. The Morgan fingerprint density at radius 1 is 0.828 bits per heavy atom. The summed E-state index contributed by atoms with van der Waals surface area (Å²) >= 11 is 0. The number of ether oxygens (including phenoxy) is 2. The summed E-state index contributed by atoms with van der Waals surface area (Å²) in [5.41, 5.74) is 2.74. The predicted molar refractivity (Wildman–Crippen MR) is 117 cm³/mol. The third-order valence-corrected chi connectivity index (χ3v) is 4.42. The first-order valence-corrected chi connectivity index (χ1v) is 9.69. The van der Waals surface area contributed by atoms with E-state index in [9.17, 15) is 4.79 Å². The molecule has 0 saturated carbocycles. The van der Waals surface area contributed by atoms with Gasteiger partial charge in [-0.2, -0.15) is 0 Å². The number of nitrogens with one attached hydrogen (secondary N) is 2. The van der Waals surface area contributed by atoms with E-state index < -0.39 is 0 Å². The van der Waals surface area contributed by atoms with Crippen molar-refractivity contribution in [3.8, 4) is 11.5 Å². The van der Waals surface area contributed by atoms with Crippen LogP contribution in [-0.2, 0) is 11.2 Å². The number of rotatable bonds is 10. The summed E-state index contributed by atoms with van der Waals surface area (Å²) < 4.78 is 11.2. The van der Waals surface area contributed by atoms with E-state index in [1.54, 1.807) is 13.2 Å². The molecule has 0 unspecified atom stereocenters. The minimum Gasteiger partial charge on any atom is -0.495 e. The Balaban J connectivity index is 1.49. The molecule has 0 bridgehead atoms. The molecule has 1 amide bonds. The van der Waals surface area contributed by atoms with Crippen LogP contribution in [0.2, 0.25) is 0 Å². The summed E-state index contributed by atoms with van der Waals surface area (Å²) in [5, 5.41) is 6.01. The SMILES string of the molecule is COc1ccccc1NC(=O)CNc1ccccc1OCCCc1ccccc1. The number of hydrogen-bond donors (Lipinski definition) is 2. The van der Waals surface area contributed by atoms with Gasteiger partial charge in [0.1, 0.15) is 11.5 Å². The fourth-order valence-corrected chi connectivity index (χ4v) is 2.96. The van der Waals surface area contributed by atoms with Crippen molar-refractivity contribution < 1.29 is 14.3 Å². The summed E-state index contributed by atoms with van der Waals surface area (Å²) in [6.45, 7) is 0.740. The van der Waals surface area contributed by atoms with Crippen molar-refractivity contribution in [1.82, 2.24) is 0 Å². The van der Waals surface area contributed by atoms with Gasteiger partial charge in [-0.1, -0.05) is 54.6 Å². The van der Waals surface area contributed by atoms with E-state index in [1.807, 2.05) is 60.7 Å². The molecule has 3 aromatic rings. The van der Waals surface area contributed by atoms with Gasteiger partial charge in [0.2, 0.25) is 5.91 Å². The zero-order chi connectivity index (χ0) is 20.3. The van der Waals surface area contributed by atoms with E-state index in [0.717, 1.165) is 24.3 Å². The van der Waals surface area contributed by atoms with Crippen LogP contribution in [0.3, 0.4) is 0 Å². The molecule has 0 aliphatic heterocycles. The standard InChI is InChI=1S/C24H26N2O3/c1-28-22-15-7-6-14-21(22)26-24(27)18-25-20-13-5-8-16-23(20)29-17-9-12-19-10-3-2-4-11-19/h2-8,10-11,13-16,25H,9,12,17-18H2,1H3,(H,26,27). The molecule has 0 aliphatic carbocycles. The molecule has 0 heterocycles. The quantitative estimate of drug-likeness (QED) is 0.490. The second kappa shape index (κ2) is 10.8. The second-order valence-electron chi connectivity index (χ2n) is 6.54. The lowest BCUT2D eigenvalue weighted by molar-refractivity contribution is -0.114. The number of benzene rings is 3. The Morgan fingerprint density at radius 3 is 2.24 bits per heavy atom. The number of methoxy groups -OCH3 is 1. The highest BCUT2D eigenvalue weighted by molar-refractivity contribution is 5.95. The van der Waals surface area contributed by atoms with Crippen LogP contribution in [0.4, 0.5) is 11.4 Å². The van der Waals surface area contributed by atoms with Crippen molar-refractivity contribution >= 4 is 17.3 Å².